The summed E-state index contributed by atoms with van der Waals surface area (Å²) in [6.07, 6.45) is 1.51. The molecule has 0 bridgehead atoms. The Morgan fingerprint density at radius 3 is 2.70 bits per heavy atom. The quantitative estimate of drug-likeness (QED) is 0.685. The van der Waals surface area contributed by atoms with Crippen LogP contribution in [0.4, 0.5) is 10.1 Å². The molecule has 7 heteroatoms. The number of halogens is 1. The molecule has 2 aromatic rings. The van der Waals surface area contributed by atoms with Gasteiger partial charge in [0.25, 0.3) is 0 Å². The summed E-state index contributed by atoms with van der Waals surface area (Å²) in [6, 6.07) is 6.02. The van der Waals surface area contributed by atoms with Crippen molar-refractivity contribution in [1.82, 2.24) is 4.98 Å². The molecule has 2 N–H and O–H groups in total. The molecule has 0 spiro atoms. The smallest absolute Gasteiger partial charge is 0.311 e. The zero-order valence-electron chi connectivity index (χ0n) is 10.6. The largest absolute Gasteiger partial charge is 0.432 e. The summed E-state index contributed by atoms with van der Waals surface area (Å²) in [5.74, 6) is -0.697. The van der Waals surface area contributed by atoms with E-state index in [1.54, 1.807) is 13.0 Å². The highest BCUT2D eigenvalue weighted by molar-refractivity contribution is 5.47. The van der Waals surface area contributed by atoms with Crippen molar-refractivity contribution in [3.8, 4) is 11.6 Å². The summed E-state index contributed by atoms with van der Waals surface area (Å²) in [4.78, 5) is 14.2. The number of pyridine rings is 1. The lowest BCUT2D eigenvalue weighted by molar-refractivity contribution is -0.385. The van der Waals surface area contributed by atoms with E-state index in [0.29, 0.717) is 0 Å². The normalized spacial score (nSPS) is 11.9. The first-order valence-corrected chi connectivity index (χ1v) is 5.80. The number of nitrogens with zero attached hydrogens (tertiary/aromatic N) is 2. The summed E-state index contributed by atoms with van der Waals surface area (Å²) < 4.78 is 18.4. The molecular weight excluding hydrogens is 265 g/mol. The van der Waals surface area contributed by atoms with Gasteiger partial charge < -0.3 is 10.5 Å². The second-order valence-electron chi connectivity index (χ2n) is 4.19. The molecule has 104 valence electrons. The Bertz CT molecular complexity index is 629. The van der Waals surface area contributed by atoms with Gasteiger partial charge in [-0.1, -0.05) is 6.07 Å². The SMILES string of the molecule is C[C@@H](N)c1ccc(Oc2cc(F)ccc2[N+](=O)[O-])nc1. The summed E-state index contributed by atoms with van der Waals surface area (Å²) in [6.45, 7) is 1.80. The maximum atomic E-state index is 13.1. The third-order valence-electron chi connectivity index (χ3n) is 2.62. The monoisotopic (exact) mass is 277 g/mol. The van der Waals surface area contributed by atoms with Crippen molar-refractivity contribution in [2.24, 2.45) is 5.73 Å². The molecule has 0 aliphatic rings. The minimum absolute atomic E-state index is 0.128. The maximum Gasteiger partial charge on any atom is 0.311 e. The van der Waals surface area contributed by atoms with Crippen molar-refractivity contribution in [1.29, 1.82) is 0 Å². The minimum Gasteiger partial charge on any atom is -0.432 e. The molecular formula is C13H12FN3O3. The molecule has 0 radical (unpaired) electrons. The Morgan fingerprint density at radius 2 is 2.15 bits per heavy atom. The van der Waals surface area contributed by atoms with Crippen molar-refractivity contribution >= 4 is 5.69 Å². The second kappa shape index (κ2) is 5.62. The number of nitrogens with two attached hydrogens (primary N) is 1. The van der Waals surface area contributed by atoms with Crippen molar-refractivity contribution in [3.63, 3.8) is 0 Å². The summed E-state index contributed by atoms with van der Waals surface area (Å²) >= 11 is 0. The van der Waals surface area contributed by atoms with Crippen molar-refractivity contribution in [2.75, 3.05) is 0 Å². The molecule has 0 fully saturated rings. The lowest BCUT2D eigenvalue weighted by Gasteiger charge is -2.08. The third-order valence-corrected chi connectivity index (χ3v) is 2.62. The Morgan fingerprint density at radius 1 is 1.40 bits per heavy atom. The third kappa shape index (κ3) is 3.07. The van der Waals surface area contributed by atoms with E-state index in [-0.39, 0.29) is 23.4 Å². The standard InChI is InChI=1S/C13H12FN3O3/c1-8(15)9-2-5-13(16-7-9)20-12-6-10(14)3-4-11(12)17(18)19/h2-8H,15H2,1H3/t8-/m1/s1. The Balaban J connectivity index is 2.29. The van der Waals surface area contributed by atoms with Gasteiger partial charge in [0.2, 0.25) is 11.6 Å². The molecule has 6 nitrogen and oxygen atoms in total. The van der Waals surface area contributed by atoms with Crippen LogP contribution in [-0.4, -0.2) is 9.91 Å². The molecule has 0 saturated carbocycles. The van der Waals surface area contributed by atoms with Gasteiger partial charge in [0.15, 0.2) is 0 Å². The van der Waals surface area contributed by atoms with Crippen LogP contribution >= 0.6 is 0 Å². The molecule has 1 aromatic carbocycles. The van der Waals surface area contributed by atoms with Crippen LogP contribution in [-0.2, 0) is 0 Å². The first-order valence-electron chi connectivity index (χ1n) is 5.80. The van der Waals surface area contributed by atoms with Crippen LogP contribution in [0.15, 0.2) is 36.5 Å². The number of nitro benzene ring substituents is 1. The minimum atomic E-state index is -0.648. The Kier molecular flexibility index (Phi) is 3.90. The first kappa shape index (κ1) is 13.9. The van der Waals surface area contributed by atoms with E-state index in [1.165, 1.54) is 12.3 Å². The maximum absolute atomic E-state index is 13.1. The molecule has 1 atom stereocenters. The van der Waals surface area contributed by atoms with Crippen LogP contribution in [0.2, 0.25) is 0 Å². The van der Waals surface area contributed by atoms with Gasteiger partial charge in [0, 0.05) is 30.4 Å². The first-order chi connectivity index (χ1) is 9.47. The molecule has 1 heterocycles. The number of aromatic nitrogens is 1. The number of nitro groups is 1. The van der Waals surface area contributed by atoms with Crippen LogP contribution in [0.3, 0.4) is 0 Å². The topological polar surface area (TPSA) is 91.3 Å². The van der Waals surface area contributed by atoms with Crippen molar-refractivity contribution in [2.45, 2.75) is 13.0 Å². The highest BCUT2D eigenvalue weighted by atomic mass is 19.1. The molecule has 0 saturated heterocycles. The van der Waals surface area contributed by atoms with Gasteiger partial charge in [-0.15, -0.1) is 0 Å². The van der Waals surface area contributed by atoms with Crippen molar-refractivity contribution in [3.05, 3.63) is 58.0 Å². The fourth-order valence-electron chi connectivity index (χ4n) is 1.55. The zero-order valence-corrected chi connectivity index (χ0v) is 10.6. The predicted molar refractivity (Wildman–Crippen MR) is 70.0 cm³/mol. The molecule has 2 rings (SSSR count). The lowest BCUT2D eigenvalue weighted by atomic mass is 10.2. The van der Waals surface area contributed by atoms with Gasteiger partial charge in [-0.2, -0.15) is 0 Å². The van der Waals surface area contributed by atoms with Gasteiger partial charge in [-0.3, -0.25) is 10.1 Å². The molecule has 0 aliphatic heterocycles. The fraction of sp³-hybridized carbons (Fsp3) is 0.154. The van der Waals surface area contributed by atoms with Crippen LogP contribution in [0.5, 0.6) is 11.6 Å². The van der Waals surface area contributed by atoms with E-state index < -0.39 is 10.7 Å². The van der Waals surface area contributed by atoms with E-state index in [9.17, 15) is 14.5 Å². The number of rotatable bonds is 4. The molecule has 0 unspecified atom stereocenters. The van der Waals surface area contributed by atoms with Gasteiger partial charge in [0.1, 0.15) is 5.82 Å². The van der Waals surface area contributed by atoms with E-state index in [4.69, 9.17) is 10.5 Å². The number of hydrogen-bond donors (Lipinski definition) is 1. The zero-order chi connectivity index (χ0) is 14.7. The molecule has 1 aromatic heterocycles. The van der Waals surface area contributed by atoms with Gasteiger partial charge in [0.05, 0.1) is 4.92 Å². The average molecular weight is 277 g/mol. The molecule has 0 amide bonds. The van der Waals surface area contributed by atoms with Crippen LogP contribution in [0.1, 0.15) is 18.5 Å². The Hall–Kier alpha value is -2.54. The molecule has 0 aliphatic carbocycles. The highest BCUT2D eigenvalue weighted by Crippen LogP contribution is 2.31. The van der Waals surface area contributed by atoms with E-state index in [1.807, 2.05) is 0 Å². The van der Waals surface area contributed by atoms with Crippen LogP contribution in [0.25, 0.3) is 0 Å². The van der Waals surface area contributed by atoms with Gasteiger partial charge in [-0.05, 0) is 18.6 Å². The molecule has 20 heavy (non-hydrogen) atoms. The second-order valence-corrected chi connectivity index (χ2v) is 4.19. The lowest BCUT2D eigenvalue weighted by Crippen LogP contribution is -2.05. The van der Waals surface area contributed by atoms with E-state index in [0.717, 1.165) is 23.8 Å². The van der Waals surface area contributed by atoms with Gasteiger partial charge >= 0.3 is 5.69 Å². The van der Waals surface area contributed by atoms with Crippen molar-refractivity contribution < 1.29 is 14.1 Å². The van der Waals surface area contributed by atoms with Crippen LogP contribution in [0, 0.1) is 15.9 Å². The highest BCUT2D eigenvalue weighted by Gasteiger charge is 2.17. The van der Waals surface area contributed by atoms with E-state index in [2.05, 4.69) is 4.98 Å². The Labute approximate surface area is 114 Å². The number of hydrogen-bond acceptors (Lipinski definition) is 5. The van der Waals surface area contributed by atoms with Crippen LogP contribution < -0.4 is 10.5 Å². The predicted octanol–water partition coefficient (Wildman–Crippen LogP) is 2.94. The number of benzene rings is 1. The average Bonchev–Trinajstić information content (AvgIpc) is 2.39. The summed E-state index contributed by atoms with van der Waals surface area (Å²) in [5, 5.41) is 10.8. The number of ether oxygens (including phenoxy) is 1. The van der Waals surface area contributed by atoms with Gasteiger partial charge in [-0.25, -0.2) is 9.37 Å². The summed E-state index contributed by atoms with van der Waals surface area (Å²) in [5.41, 5.74) is 6.15. The summed E-state index contributed by atoms with van der Waals surface area (Å²) in [7, 11) is 0. The van der Waals surface area contributed by atoms with E-state index >= 15 is 0 Å². The fourth-order valence-corrected chi connectivity index (χ4v) is 1.55.